The molecule has 1 aliphatic rings. The van der Waals surface area contributed by atoms with Crippen LogP contribution >= 0.6 is 22.7 Å². The van der Waals surface area contributed by atoms with Gasteiger partial charge >= 0.3 is 0 Å². The van der Waals surface area contributed by atoms with Crippen molar-refractivity contribution in [1.29, 1.82) is 0 Å². The number of carbonyl (C=O) groups is 1. The standard InChI is InChI=1S/C13H15N3OS2/c1-7-3-4-9-10(5-7)19-13(15-9)16-12(17)11-8(2)14-6-18-11/h6-7H,3-5H2,1-2H3,(H,15,16,17)/t7-/m0/s1. The van der Waals surface area contributed by atoms with Gasteiger partial charge in [-0.05, 0) is 32.1 Å². The number of nitrogens with zero attached hydrogens (tertiary/aromatic N) is 2. The maximum absolute atomic E-state index is 12.1. The topological polar surface area (TPSA) is 54.9 Å². The molecule has 1 N–H and O–H groups in total. The molecule has 4 nitrogen and oxygen atoms in total. The number of hydrogen-bond acceptors (Lipinski definition) is 5. The van der Waals surface area contributed by atoms with Crippen molar-refractivity contribution in [1.82, 2.24) is 9.97 Å². The lowest BCUT2D eigenvalue weighted by Gasteiger charge is -2.15. The maximum Gasteiger partial charge on any atom is 0.269 e. The van der Waals surface area contributed by atoms with Crippen molar-refractivity contribution in [2.24, 2.45) is 5.92 Å². The second-order valence-corrected chi connectivity index (χ2v) is 6.90. The molecule has 2 heterocycles. The predicted octanol–water partition coefficient (Wildman–Crippen LogP) is 3.29. The summed E-state index contributed by atoms with van der Waals surface area (Å²) in [6.07, 6.45) is 3.31. The van der Waals surface area contributed by atoms with Crippen molar-refractivity contribution in [2.45, 2.75) is 33.1 Å². The Labute approximate surface area is 119 Å². The van der Waals surface area contributed by atoms with Crippen molar-refractivity contribution >= 4 is 33.7 Å². The normalized spacial score (nSPS) is 18.1. The van der Waals surface area contributed by atoms with E-state index < -0.39 is 0 Å². The van der Waals surface area contributed by atoms with E-state index in [1.54, 1.807) is 16.8 Å². The van der Waals surface area contributed by atoms with Crippen molar-refractivity contribution < 1.29 is 4.79 Å². The molecule has 6 heteroatoms. The Morgan fingerprint density at radius 3 is 3.11 bits per heavy atom. The summed E-state index contributed by atoms with van der Waals surface area (Å²) in [6.45, 7) is 4.11. The molecule has 0 spiro atoms. The Kier molecular flexibility index (Phi) is 3.36. The van der Waals surface area contributed by atoms with Crippen molar-refractivity contribution in [3.63, 3.8) is 0 Å². The van der Waals surface area contributed by atoms with Crippen LogP contribution in [0.4, 0.5) is 5.13 Å². The molecule has 0 aromatic carbocycles. The lowest BCUT2D eigenvalue weighted by Crippen LogP contribution is -2.11. The zero-order valence-corrected chi connectivity index (χ0v) is 12.5. The summed E-state index contributed by atoms with van der Waals surface area (Å²) in [7, 11) is 0. The highest BCUT2D eigenvalue weighted by atomic mass is 32.1. The van der Waals surface area contributed by atoms with Crippen LogP contribution in [0.3, 0.4) is 0 Å². The first-order chi connectivity index (χ1) is 9.13. The quantitative estimate of drug-likeness (QED) is 0.924. The van der Waals surface area contributed by atoms with Crippen LogP contribution in [0.15, 0.2) is 5.51 Å². The lowest BCUT2D eigenvalue weighted by molar-refractivity contribution is 0.103. The van der Waals surface area contributed by atoms with Gasteiger partial charge in [-0.1, -0.05) is 6.92 Å². The number of fused-ring (bicyclic) bond motifs is 1. The van der Waals surface area contributed by atoms with Gasteiger partial charge in [0.25, 0.3) is 5.91 Å². The highest BCUT2D eigenvalue weighted by Crippen LogP contribution is 2.32. The maximum atomic E-state index is 12.1. The summed E-state index contributed by atoms with van der Waals surface area (Å²) in [6, 6.07) is 0. The third kappa shape index (κ3) is 2.55. The fourth-order valence-corrected chi connectivity index (χ4v) is 4.13. The fourth-order valence-electron chi connectivity index (χ4n) is 2.27. The van der Waals surface area contributed by atoms with E-state index >= 15 is 0 Å². The first kappa shape index (κ1) is 12.7. The number of nitrogens with one attached hydrogen (secondary N) is 1. The minimum Gasteiger partial charge on any atom is -0.297 e. The van der Waals surface area contributed by atoms with Crippen LogP contribution < -0.4 is 5.32 Å². The van der Waals surface area contributed by atoms with E-state index in [9.17, 15) is 4.79 Å². The third-order valence-corrected chi connectivity index (χ3v) is 5.32. The molecule has 0 aliphatic heterocycles. The first-order valence-corrected chi connectivity index (χ1v) is 8.03. The van der Waals surface area contributed by atoms with Gasteiger partial charge in [-0.2, -0.15) is 0 Å². The van der Waals surface area contributed by atoms with Crippen LogP contribution in [0.2, 0.25) is 0 Å². The lowest BCUT2D eigenvalue weighted by atomic mass is 9.93. The minimum atomic E-state index is -0.0980. The number of anilines is 1. The van der Waals surface area contributed by atoms with Gasteiger partial charge in [-0.3, -0.25) is 10.1 Å². The zero-order valence-electron chi connectivity index (χ0n) is 10.9. The largest absolute Gasteiger partial charge is 0.297 e. The van der Waals surface area contributed by atoms with Gasteiger partial charge in [0.1, 0.15) is 4.88 Å². The van der Waals surface area contributed by atoms with Gasteiger partial charge in [0, 0.05) is 4.88 Å². The van der Waals surface area contributed by atoms with E-state index in [-0.39, 0.29) is 5.91 Å². The Morgan fingerprint density at radius 2 is 2.37 bits per heavy atom. The number of aryl methyl sites for hydroxylation is 2. The van der Waals surface area contributed by atoms with Gasteiger partial charge in [0.05, 0.1) is 16.9 Å². The molecule has 0 radical (unpaired) electrons. The number of hydrogen-bond donors (Lipinski definition) is 1. The molecule has 1 amide bonds. The van der Waals surface area contributed by atoms with E-state index in [0.29, 0.717) is 4.88 Å². The summed E-state index contributed by atoms with van der Waals surface area (Å²) < 4.78 is 0. The molecule has 2 aromatic heterocycles. The summed E-state index contributed by atoms with van der Waals surface area (Å²) in [5.74, 6) is 0.624. The SMILES string of the molecule is Cc1ncsc1C(=O)Nc1nc2c(s1)C[C@@H](C)CC2. The molecule has 0 bridgehead atoms. The van der Waals surface area contributed by atoms with Crippen molar-refractivity contribution in [2.75, 3.05) is 5.32 Å². The van der Waals surface area contributed by atoms with E-state index in [1.807, 2.05) is 6.92 Å². The van der Waals surface area contributed by atoms with Crippen LogP contribution in [-0.4, -0.2) is 15.9 Å². The molecule has 1 atom stereocenters. The van der Waals surface area contributed by atoms with Crippen LogP contribution in [0, 0.1) is 12.8 Å². The number of carbonyl (C=O) groups excluding carboxylic acids is 1. The average Bonchev–Trinajstić information content (AvgIpc) is 2.94. The highest BCUT2D eigenvalue weighted by molar-refractivity contribution is 7.16. The Hall–Kier alpha value is -1.27. The van der Waals surface area contributed by atoms with Crippen LogP contribution in [0.1, 0.15) is 39.3 Å². The molecular formula is C13H15N3OS2. The molecule has 2 aromatic rings. The number of thiazole rings is 2. The molecule has 19 heavy (non-hydrogen) atoms. The van der Waals surface area contributed by atoms with Gasteiger partial charge < -0.3 is 0 Å². The third-order valence-electron chi connectivity index (χ3n) is 3.36. The average molecular weight is 293 g/mol. The number of aromatic nitrogens is 2. The smallest absolute Gasteiger partial charge is 0.269 e. The predicted molar refractivity (Wildman–Crippen MR) is 78.1 cm³/mol. The minimum absolute atomic E-state index is 0.0980. The van der Waals surface area contributed by atoms with Gasteiger partial charge in [0.15, 0.2) is 5.13 Å². The van der Waals surface area contributed by atoms with Gasteiger partial charge in [-0.25, -0.2) is 9.97 Å². The zero-order chi connectivity index (χ0) is 13.4. The molecule has 1 aliphatic carbocycles. The van der Waals surface area contributed by atoms with E-state index in [2.05, 4.69) is 22.2 Å². The Bertz CT molecular complexity index is 617. The Morgan fingerprint density at radius 1 is 1.53 bits per heavy atom. The Balaban J connectivity index is 1.78. The fraction of sp³-hybridized carbons (Fsp3) is 0.462. The molecule has 0 fully saturated rings. The molecule has 0 unspecified atom stereocenters. The molecule has 3 rings (SSSR count). The molecule has 0 saturated heterocycles. The second-order valence-electron chi connectivity index (χ2n) is 4.96. The van der Waals surface area contributed by atoms with Crippen molar-refractivity contribution in [3.8, 4) is 0 Å². The monoisotopic (exact) mass is 293 g/mol. The highest BCUT2D eigenvalue weighted by Gasteiger charge is 2.21. The number of amides is 1. The van der Waals surface area contributed by atoms with Crippen LogP contribution in [-0.2, 0) is 12.8 Å². The summed E-state index contributed by atoms with van der Waals surface area (Å²) in [5.41, 5.74) is 3.63. The molecule has 100 valence electrons. The van der Waals surface area contributed by atoms with Crippen LogP contribution in [0.5, 0.6) is 0 Å². The first-order valence-electron chi connectivity index (χ1n) is 6.33. The summed E-state index contributed by atoms with van der Waals surface area (Å²) in [4.78, 5) is 22.7. The molecule has 0 saturated carbocycles. The van der Waals surface area contributed by atoms with E-state index in [4.69, 9.17) is 0 Å². The number of rotatable bonds is 2. The second kappa shape index (κ2) is 5.02. The van der Waals surface area contributed by atoms with E-state index in [0.717, 1.165) is 29.6 Å². The summed E-state index contributed by atoms with van der Waals surface area (Å²) >= 11 is 2.98. The molecular weight excluding hydrogens is 278 g/mol. The van der Waals surface area contributed by atoms with Crippen molar-refractivity contribution in [3.05, 3.63) is 26.7 Å². The van der Waals surface area contributed by atoms with Gasteiger partial charge in [-0.15, -0.1) is 22.7 Å². The van der Waals surface area contributed by atoms with Gasteiger partial charge in [0.2, 0.25) is 0 Å². The van der Waals surface area contributed by atoms with E-state index in [1.165, 1.54) is 28.3 Å². The summed E-state index contributed by atoms with van der Waals surface area (Å²) in [5, 5.41) is 3.62. The van der Waals surface area contributed by atoms with Crippen LogP contribution in [0.25, 0.3) is 0 Å².